The Kier molecular flexibility index (Phi) is 12.6. The van der Waals surface area contributed by atoms with Gasteiger partial charge in [-0.15, -0.1) is 6.58 Å². The van der Waals surface area contributed by atoms with Crippen LogP contribution in [0.1, 0.15) is 12.8 Å². The summed E-state index contributed by atoms with van der Waals surface area (Å²) in [4.78, 5) is 21.1. The number of hydrogen-bond acceptors (Lipinski definition) is 4. The van der Waals surface area contributed by atoms with Crippen molar-refractivity contribution in [1.82, 2.24) is 10.6 Å². The quantitative estimate of drug-likeness (QED) is 0.273. The van der Waals surface area contributed by atoms with E-state index in [2.05, 4.69) is 17.2 Å². The summed E-state index contributed by atoms with van der Waals surface area (Å²) in [6.45, 7) is 6.45. The Labute approximate surface area is 108 Å². The summed E-state index contributed by atoms with van der Waals surface area (Å²) in [7, 11) is 0. The van der Waals surface area contributed by atoms with Gasteiger partial charge in [0.05, 0.1) is 26.4 Å². The molecule has 0 aromatic carbocycles. The fourth-order valence-corrected chi connectivity index (χ4v) is 1.10. The first kappa shape index (κ1) is 16.6. The SMILES string of the molecule is C=CCCC(=O)NCCOCCOCCNC=O. The molecule has 6 heteroatoms. The highest BCUT2D eigenvalue weighted by atomic mass is 16.5. The monoisotopic (exact) mass is 258 g/mol. The van der Waals surface area contributed by atoms with Crippen molar-refractivity contribution in [2.75, 3.05) is 39.5 Å². The molecule has 0 radical (unpaired) electrons. The van der Waals surface area contributed by atoms with Crippen molar-refractivity contribution in [2.45, 2.75) is 12.8 Å². The Bertz CT molecular complexity index is 234. The molecule has 0 aromatic heterocycles. The minimum Gasteiger partial charge on any atom is -0.377 e. The Hall–Kier alpha value is -1.40. The number of allylic oxidation sites excluding steroid dienone is 1. The number of rotatable bonds is 13. The van der Waals surface area contributed by atoms with E-state index in [1.54, 1.807) is 6.08 Å². The van der Waals surface area contributed by atoms with Gasteiger partial charge in [0.15, 0.2) is 0 Å². The predicted molar refractivity (Wildman–Crippen MR) is 68.1 cm³/mol. The average molecular weight is 258 g/mol. The van der Waals surface area contributed by atoms with Gasteiger partial charge < -0.3 is 20.1 Å². The smallest absolute Gasteiger partial charge is 0.220 e. The van der Waals surface area contributed by atoms with E-state index in [9.17, 15) is 9.59 Å². The van der Waals surface area contributed by atoms with Crippen LogP contribution < -0.4 is 10.6 Å². The highest BCUT2D eigenvalue weighted by Gasteiger charge is 1.97. The number of amides is 2. The molecular formula is C12H22N2O4. The summed E-state index contributed by atoms with van der Waals surface area (Å²) >= 11 is 0. The van der Waals surface area contributed by atoms with Gasteiger partial charge in [-0.2, -0.15) is 0 Å². The highest BCUT2D eigenvalue weighted by molar-refractivity contribution is 5.75. The maximum absolute atomic E-state index is 11.2. The van der Waals surface area contributed by atoms with Crippen molar-refractivity contribution in [3.8, 4) is 0 Å². The zero-order valence-corrected chi connectivity index (χ0v) is 10.7. The molecule has 0 spiro atoms. The molecule has 2 N–H and O–H groups in total. The van der Waals surface area contributed by atoms with E-state index >= 15 is 0 Å². The van der Waals surface area contributed by atoms with Crippen LogP contribution in [-0.2, 0) is 19.1 Å². The minimum absolute atomic E-state index is 0.00897. The average Bonchev–Trinajstić information content (AvgIpc) is 2.38. The third kappa shape index (κ3) is 12.7. The van der Waals surface area contributed by atoms with E-state index in [0.717, 1.165) is 0 Å². The van der Waals surface area contributed by atoms with Gasteiger partial charge >= 0.3 is 0 Å². The van der Waals surface area contributed by atoms with E-state index in [1.165, 1.54) is 0 Å². The summed E-state index contributed by atoms with van der Waals surface area (Å²) in [6, 6.07) is 0. The maximum Gasteiger partial charge on any atom is 0.220 e. The summed E-state index contributed by atoms with van der Waals surface area (Å²) in [6.07, 6.45) is 3.51. The van der Waals surface area contributed by atoms with Crippen molar-refractivity contribution in [3.05, 3.63) is 12.7 Å². The van der Waals surface area contributed by atoms with Gasteiger partial charge in [0.1, 0.15) is 0 Å². The zero-order chi connectivity index (χ0) is 13.5. The number of carbonyl (C=O) groups excluding carboxylic acids is 2. The minimum atomic E-state index is 0.00897. The van der Waals surface area contributed by atoms with E-state index in [0.29, 0.717) is 58.8 Å². The van der Waals surface area contributed by atoms with Crippen LogP contribution in [0.25, 0.3) is 0 Å². The van der Waals surface area contributed by atoms with Crippen molar-refractivity contribution in [2.24, 2.45) is 0 Å². The normalized spacial score (nSPS) is 9.78. The van der Waals surface area contributed by atoms with Gasteiger partial charge in [0, 0.05) is 19.5 Å². The zero-order valence-electron chi connectivity index (χ0n) is 10.7. The third-order valence-electron chi connectivity index (χ3n) is 1.99. The topological polar surface area (TPSA) is 76.7 Å². The Morgan fingerprint density at radius 3 is 2.39 bits per heavy atom. The molecule has 0 atom stereocenters. The number of ether oxygens (including phenoxy) is 2. The van der Waals surface area contributed by atoms with Crippen LogP contribution in [0.5, 0.6) is 0 Å². The molecule has 0 aromatic rings. The predicted octanol–water partition coefficient (Wildman–Crippen LogP) is -0.152. The van der Waals surface area contributed by atoms with Crippen molar-refractivity contribution in [1.29, 1.82) is 0 Å². The van der Waals surface area contributed by atoms with E-state index in [-0.39, 0.29) is 5.91 Å². The van der Waals surface area contributed by atoms with Crippen LogP contribution >= 0.6 is 0 Å². The Morgan fingerprint density at radius 1 is 1.11 bits per heavy atom. The summed E-state index contributed by atoms with van der Waals surface area (Å²) in [5, 5.41) is 5.22. The van der Waals surface area contributed by atoms with Crippen molar-refractivity contribution in [3.63, 3.8) is 0 Å². The van der Waals surface area contributed by atoms with Gasteiger partial charge in [-0.1, -0.05) is 6.08 Å². The third-order valence-corrected chi connectivity index (χ3v) is 1.99. The fraction of sp³-hybridized carbons (Fsp3) is 0.667. The standard InChI is InChI=1S/C12H22N2O4/c1-2-3-4-12(16)14-6-8-18-10-9-17-7-5-13-11-15/h2,11H,1,3-10H2,(H,13,15)(H,14,16). The van der Waals surface area contributed by atoms with E-state index < -0.39 is 0 Å². The molecule has 0 fully saturated rings. The fourth-order valence-electron chi connectivity index (χ4n) is 1.10. The van der Waals surface area contributed by atoms with Crippen LogP contribution in [0, 0.1) is 0 Å². The number of hydrogen-bond donors (Lipinski definition) is 2. The first-order chi connectivity index (χ1) is 8.81. The molecule has 6 nitrogen and oxygen atoms in total. The highest BCUT2D eigenvalue weighted by Crippen LogP contribution is 1.88. The second kappa shape index (κ2) is 13.7. The Balaban J connectivity index is 3.08. The lowest BCUT2D eigenvalue weighted by Crippen LogP contribution is -2.27. The molecular weight excluding hydrogens is 236 g/mol. The maximum atomic E-state index is 11.2. The first-order valence-corrected chi connectivity index (χ1v) is 6.01. The second-order valence-corrected chi connectivity index (χ2v) is 3.47. The van der Waals surface area contributed by atoms with E-state index in [4.69, 9.17) is 9.47 Å². The van der Waals surface area contributed by atoms with Gasteiger partial charge in [-0.05, 0) is 6.42 Å². The van der Waals surface area contributed by atoms with E-state index in [1.807, 2.05) is 0 Å². The van der Waals surface area contributed by atoms with Crippen LogP contribution in [0.15, 0.2) is 12.7 Å². The lowest BCUT2D eigenvalue weighted by molar-refractivity contribution is -0.121. The van der Waals surface area contributed by atoms with Crippen molar-refractivity contribution >= 4 is 12.3 Å². The lowest BCUT2D eigenvalue weighted by Gasteiger charge is -2.06. The van der Waals surface area contributed by atoms with Crippen LogP contribution in [0.4, 0.5) is 0 Å². The Morgan fingerprint density at radius 2 is 1.78 bits per heavy atom. The molecule has 0 saturated heterocycles. The molecule has 0 unspecified atom stereocenters. The van der Waals surface area contributed by atoms with Gasteiger partial charge in [-0.25, -0.2) is 0 Å². The summed E-state index contributed by atoms with van der Waals surface area (Å²) in [5.74, 6) is 0.00897. The number of nitrogens with one attached hydrogen (secondary N) is 2. The van der Waals surface area contributed by atoms with Gasteiger partial charge in [0.2, 0.25) is 12.3 Å². The number of carbonyl (C=O) groups is 2. The summed E-state index contributed by atoms with van der Waals surface area (Å²) < 4.78 is 10.4. The van der Waals surface area contributed by atoms with Crippen LogP contribution in [-0.4, -0.2) is 51.8 Å². The molecule has 0 heterocycles. The summed E-state index contributed by atoms with van der Waals surface area (Å²) in [5.41, 5.74) is 0. The molecule has 0 rings (SSSR count). The molecule has 0 aliphatic carbocycles. The molecule has 0 saturated carbocycles. The second-order valence-electron chi connectivity index (χ2n) is 3.47. The molecule has 18 heavy (non-hydrogen) atoms. The molecule has 104 valence electrons. The molecule has 0 aliphatic heterocycles. The van der Waals surface area contributed by atoms with Crippen LogP contribution in [0.3, 0.4) is 0 Å². The molecule has 0 aliphatic rings. The van der Waals surface area contributed by atoms with Crippen LogP contribution in [0.2, 0.25) is 0 Å². The van der Waals surface area contributed by atoms with Gasteiger partial charge in [0.25, 0.3) is 0 Å². The first-order valence-electron chi connectivity index (χ1n) is 6.01. The molecule has 0 bridgehead atoms. The van der Waals surface area contributed by atoms with Gasteiger partial charge in [-0.3, -0.25) is 9.59 Å². The largest absolute Gasteiger partial charge is 0.377 e. The van der Waals surface area contributed by atoms with Crippen molar-refractivity contribution < 1.29 is 19.1 Å². The molecule has 2 amide bonds. The lowest BCUT2D eigenvalue weighted by atomic mass is 10.3.